The normalized spacial score (nSPS) is 12.5. The van der Waals surface area contributed by atoms with Crippen LogP contribution in [-0.4, -0.2) is 20.1 Å². The highest BCUT2D eigenvalue weighted by atomic mass is 15.1. The molecule has 0 radical (unpaired) electrons. The number of hydrogen-bond acceptors (Lipinski definition) is 2. The molecule has 2 N–H and O–H groups in total. The molecular weight excluding hydrogens is 196 g/mol. The molecular formula is C14H24N2. The van der Waals surface area contributed by atoms with E-state index in [4.69, 9.17) is 5.73 Å². The van der Waals surface area contributed by atoms with Crippen molar-refractivity contribution in [3.05, 3.63) is 29.8 Å². The van der Waals surface area contributed by atoms with Gasteiger partial charge in [0.15, 0.2) is 0 Å². The average molecular weight is 220 g/mol. The Morgan fingerprint density at radius 1 is 1.31 bits per heavy atom. The van der Waals surface area contributed by atoms with Gasteiger partial charge in [-0.1, -0.05) is 31.5 Å². The van der Waals surface area contributed by atoms with Gasteiger partial charge in [-0.25, -0.2) is 0 Å². The fourth-order valence-corrected chi connectivity index (χ4v) is 2.17. The fraction of sp³-hybridized carbons (Fsp3) is 0.571. The second-order valence-electron chi connectivity index (χ2n) is 4.56. The molecule has 0 saturated carbocycles. The highest BCUT2D eigenvalue weighted by Crippen LogP contribution is 2.19. The van der Waals surface area contributed by atoms with Gasteiger partial charge in [0, 0.05) is 19.3 Å². The predicted octanol–water partition coefficient (Wildman–Crippen LogP) is 2.81. The number of nitrogens with two attached hydrogens (primary N) is 1. The molecule has 1 rings (SSSR count). The zero-order valence-corrected chi connectivity index (χ0v) is 10.7. The Bertz CT molecular complexity index is 309. The predicted molar refractivity (Wildman–Crippen MR) is 71.9 cm³/mol. The summed E-state index contributed by atoms with van der Waals surface area (Å²) >= 11 is 0. The molecule has 0 fully saturated rings. The summed E-state index contributed by atoms with van der Waals surface area (Å²) in [7, 11) is 2.15. The van der Waals surface area contributed by atoms with Gasteiger partial charge >= 0.3 is 0 Å². The van der Waals surface area contributed by atoms with Gasteiger partial charge in [-0.2, -0.15) is 0 Å². The second-order valence-corrected chi connectivity index (χ2v) is 4.56. The number of rotatable bonds is 6. The number of aryl methyl sites for hydroxylation is 1. The van der Waals surface area contributed by atoms with Gasteiger partial charge in [0.25, 0.3) is 0 Å². The molecule has 2 heteroatoms. The number of para-hydroxylation sites is 1. The molecule has 1 atom stereocenters. The number of hydrogen-bond donors (Lipinski definition) is 1. The van der Waals surface area contributed by atoms with Gasteiger partial charge in [-0.05, 0) is 37.4 Å². The molecule has 0 aliphatic heterocycles. The Morgan fingerprint density at radius 2 is 2.00 bits per heavy atom. The molecule has 1 aromatic carbocycles. The van der Waals surface area contributed by atoms with Gasteiger partial charge in [-0.3, -0.25) is 0 Å². The van der Waals surface area contributed by atoms with Crippen molar-refractivity contribution in [1.82, 2.24) is 0 Å². The van der Waals surface area contributed by atoms with E-state index in [-0.39, 0.29) is 0 Å². The third-order valence-corrected chi connectivity index (χ3v) is 3.09. The fourth-order valence-electron chi connectivity index (χ4n) is 2.17. The van der Waals surface area contributed by atoms with E-state index in [1.54, 1.807) is 0 Å². The van der Waals surface area contributed by atoms with Crippen LogP contribution in [0.4, 0.5) is 5.69 Å². The van der Waals surface area contributed by atoms with E-state index in [1.807, 2.05) is 0 Å². The lowest BCUT2D eigenvalue weighted by molar-refractivity contribution is 0.491. The molecule has 90 valence electrons. The average Bonchev–Trinajstić information content (AvgIpc) is 2.28. The van der Waals surface area contributed by atoms with E-state index < -0.39 is 0 Å². The van der Waals surface area contributed by atoms with Crippen molar-refractivity contribution in [1.29, 1.82) is 0 Å². The van der Waals surface area contributed by atoms with Gasteiger partial charge in [0.1, 0.15) is 0 Å². The highest BCUT2D eigenvalue weighted by Gasteiger charge is 2.10. The first-order chi connectivity index (χ1) is 7.69. The number of benzene rings is 1. The van der Waals surface area contributed by atoms with Crippen LogP contribution >= 0.6 is 0 Å². The Balaban J connectivity index is 2.64. The zero-order valence-electron chi connectivity index (χ0n) is 10.7. The van der Waals surface area contributed by atoms with E-state index in [0.717, 1.165) is 13.1 Å². The van der Waals surface area contributed by atoms with Gasteiger partial charge in [-0.15, -0.1) is 0 Å². The van der Waals surface area contributed by atoms with Crippen LogP contribution in [0, 0.1) is 12.8 Å². The molecule has 16 heavy (non-hydrogen) atoms. The van der Waals surface area contributed by atoms with Gasteiger partial charge < -0.3 is 10.6 Å². The molecule has 1 aromatic rings. The number of nitrogens with zero attached hydrogens (tertiary/aromatic N) is 1. The van der Waals surface area contributed by atoms with Crippen LogP contribution < -0.4 is 10.6 Å². The van der Waals surface area contributed by atoms with Crippen molar-refractivity contribution in [3.8, 4) is 0 Å². The molecule has 0 bridgehead atoms. The first-order valence-corrected chi connectivity index (χ1v) is 6.15. The summed E-state index contributed by atoms with van der Waals surface area (Å²) < 4.78 is 0. The molecule has 0 spiro atoms. The van der Waals surface area contributed by atoms with Crippen LogP contribution in [0.15, 0.2) is 24.3 Å². The molecule has 0 aromatic heterocycles. The molecule has 0 heterocycles. The maximum Gasteiger partial charge on any atom is 0.0393 e. The third-order valence-electron chi connectivity index (χ3n) is 3.09. The van der Waals surface area contributed by atoms with Crippen LogP contribution in [-0.2, 0) is 0 Å². The van der Waals surface area contributed by atoms with Crippen LogP contribution in [0.2, 0.25) is 0 Å². The van der Waals surface area contributed by atoms with Crippen molar-refractivity contribution in [3.63, 3.8) is 0 Å². The van der Waals surface area contributed by atoms with Crippen LogP contribution in [0.25, 0.3) is 0 Å². The quantitative estimate of drug-likeness (QED) is 0.798. The summed E-state index contributed by atoms with van der Waals surface area (Å²) in [5.74, 6) is 0.606. The lowest BCUT2D eigenvalue weighted by atomic mass is 10.0. The van der Waals surface area contributed by atoms with Crippen molar-refractivity contribution in [2.45, 2.75) is 26.7 Å². The molecule has 0 saturated heterocycles. The van der Waals surface area contributed by atoms with Gasteiger partial charge in [0.05, 0.1) is 0 Å². The first-order valence-electron chi connectivity index (χ1n) is 6.15. The molecule has 2 nitrogen and oxygen atoms in total. The standard InChI is InChI=1S/C14H24N2/c1-4-7-13(10-15)11-16(3)14-9-6-5-8-12(14)2/h5-6,8-9,13H,4,7,10-11,15H2,1-3H3. The maximum absolute atomic E-state index is 5.80. The lowest BCUT2D eigenvalue weighted by Gasteiger charge is -2.26. The minimum atomic E-state index is 0.606. The van der Waals surface area contributed by atoms with Crippen LogP contribution in [0.3, 0.4) is 0 Å². The minimum absolute atomic E-state index is 0.606. The monoisotopic (exact) mass is 220 g/mol. The van der Waals surface area contributed by atoms with Crippen LogP contribution in [0.5, 0.6) is 0 Å². The van der Waals surface area contributed by atoms with Crippen molar-refractivity contribution < 1.29 is 0 Å². The first kappa shape index (κ1) is 13.0. The summed E-state index contributed by atoms with van der Waals surface area (Å²) in [6, 6.07) is 8.51. The van der Waals surface area contributed by atoms with E-state index in [1.165, 1.54) is 24.1 Å². The maximum atomic E-state index is 5.80. The summed E-state index contributed by atoms with van der Waals surface area (Å²) in [6.45, 7) is 6.21. The topological polar surface area (TPSA) is 29.3 Å². The van der Waals surface area contributed by atoms with Crippen molar-refractivity contribution >= 4 is 5.69 Å². The Morgan fingerprint density at radius 3 is 2.56 bits per heavy atom. The lowest BCUT2D eigenvalue weighted by Crippen LogP contribution is -2.30. The Kier molecular flexibility index (Phi) is 5.33. The zero-order chi connectivity index (χ0) is 12.0. The van der Waals surface area contributed by atoms with E-state index >= 15 is 0 Å². The van der Waals surface area contributed by atoms with Crippen molar-refractivity contribution in [2.24, 2.45) is 11.7 Å². The summed E-state index contributed by atoms with van der Waals surface area (Å²) in [5, 5.41) is 0. The van der Waals surface area contributed by atoms with E-state index in [9.17, 15) is 0 Å². The Hall–Kier alpha value is -1.02. The van der Waals surface area contributed by atoms with E-state index in [0.29, 0.717) is 5.92 Å². The van der Waals surface area contributed by atoms with Gasteiger partial charge in [0.2, 0.25) is 0 Å². The van der Waals surface area contributed by atoms with Crippen molar-refractivity contribution in [2.75, 3.05) is 25.0 Å². The molecule has 0 aliphatic carbocycles. The summed E-state index contributed by atoms with van der Waals surface area (Å²) in [4.78, 5) is 2.32. The number of anilines is 1. The second kappa shape index (κ2) is 6.54. The van der Waals surface area contributed by atoms with Crippen LogP contribution in [0.1, 0.15) is 25.3 Å². The molecule has 0 aliphatic rings. The van der Waals surface area contributed by atoms with E-state index in [2.05, 4.69) is 50.1 Å². The SMILES string of the molecule is CCCC(CN)CN(C)c1ccccc1C. The highest BCUT2D eigenvalue weighted by molar-refractivity contribution is 5.52. The minimum Gasteiger partial charge on any atom is -0.374 e. The smallest absolute Gasteiger partial charge is 0.0393 e. The third kappa shape index (κ3) is 3.53. The molecule has 1 unspecified atom stereocenters. The largest absolute Gasteiger partial charge is 0.374 e. The summed E-state index contributed by atoms with van der Waals surface area (Å²) in [6.07, 6.45) is 2.43. The molecule has 0 amide bonds. The summed E-state index contributed by atoms with van der Waals surface area (Å²) in [5.41, 5.74) is 8.44. The Labute approximate surface area is 99.5 Å².